The van der Waals surface area contributed by atoms with Crippen LogP contribution in [0.25, 0.3) is 0 Å². The molecular weight excluding hydrogens is 274 g/mol. The fourth-order valence-corrected chi connectivity index (χ4v) is 4.28. The second-order valence-corrected chi connectivity index (χ2v) is 6.66. The Hall–Kier alpha value is -0.700. The third kappa shape index (κ3) is 2.76. The molecule has 1 saturated carbocycles. The van der Waals surface area contributed by atoms with Gasteiger partial charge < -0.3 is 0 Å². The quantitative estimate of drug-likeness (QED) is 0.463. The number of aliphatic imine (C=N–C) groups is 1. The van der Waals surface area contributed by atoms with E-state index in [0.717, 1.165) is 25.7 Å². The van der Waals surface area contributed by atoms with E-state index in [4.69, 9.17) is 0 Å². The van der Waals surface area contributed by atoms with E-state index in [2.05, 4.69) is 36.6 Å². The van der Waals surface area contributed by atoms with Gasteiger partial charge in [0.05, 0.1) is 5.54 Å². The average molecular weight is 293 g/mol. The van der Waals surface area contributed by atoms with Gasteiger partial charge in [-0.3, -0.25) is 0 Å². The Kier molecular flexibility index (Phi) is 4.77. The van der Waals surface area contributed by atoms with E-state index in [1.165, 1.54) is 20.9 Å². The van der Waals surface area contributed by atoms with Gasteiger partial charge in [0, 0.05) is 9.79 Å². The van der Waals surface area contributed by atoms with Crippen LogP contribution >= 0.6 is 23.5 Å². The summed E-state index contributed by atoms with van der Waals surface area (Å²) in [5.41, 5.74) is 2.19. The maximum Gasteiger partial charge on any atom is 0.235 e. The number of thioether (sulfide) groups is 2. The summed E-state index contributed by atoms with van der Waals surface area (Å²) in [5.74, 6) is 0. The molecule has 0 aliphatic heterocycles. The molecule has 2 rings (SSSR count). The Balaban J connectivity index is 2.61. The van der Waals surface area contributed by atoms with E-state index >= 15 is 0 Å². The Morgan fingerprint density at radius 2 is 1.79 bits per heavy atom. The van der Waals surface area contributed by atoms with Gasteiger partial charge in [-0.15, -0.1) is 23.5 Å². The zero-order valence-electron chi connectivity index (χ0n) is 11.7. The van der Waals surface area contributed by atoms with Crippen LogP contribution in [-0.2, 0) is 10.3 Å². The zero-order chi connectivity index (χ0) is 13.9. The van der Waals surface area contributed by atoms with Gasteiger partial charge in [0.25, 0.3) is 0 Å². The monoisotopic (exact) mass is 293 g/mol. The highest BCUT2D eigenvalue weighted by molar-refractivity contribution is 7.99. The van der Waals surface area contributed by atoms with Crippen LogP contribution in [0.15, 0.2) is 26.9 Å². The van der Waals surface area contributed by atoms with Gasteiger partial charge in [0.15, 0.2) is 0 Å². The molecule has 0 atom stereocenters. The number of carbonyl (C=O) groups excluding carboxylic acids is 1. The summed E-state index contributed by atoms with van der Waals surface area (Å²) in [6.07, 6.45) is 10.2. The summed E-state index contributed by atoms with van der Waals surface area (Å²) in [5, 5.41) is 0. The molecule has 1 aliphatic rings. The fourth-order valence-electron chi connectivity index (χ4n) is 2.90. The zero-order valence-corrected chi connectivity index (χ0v) is 13.3. The molecule has 19 heavy (non-hydrogen) atoms. The van der Waals surface area contributed by atoms with Gasteiger partial charge in [-0.1, -0.05) is 12.8 Å². The predicted octanol–water partition coefficient (Wildman–Crippen LogP) is 4.54. The first-order chi connectivity index (χ1) is 9.16. The van der Waals surface area contributed by atoms with Crippen molar-refractivity contribution in [1.29, 1.82) is 0 Å². The second kappa shape index (κ2) is 6.17. The molecule has 102 valence electrons. The predicted molar refractivity (Wildman–Crippen MR) is 83.0 cm³/mol. The molecular formula is C15H19NOS2. The first kappa shape index (κ1) is 14.7. The van der Waals surface area contributed by atoms with E-state index < -0.39 is 0 Å². The first-order valence-electron chi connectivity index (χ1n) is 6.49. The van der Waals surface area contributed by atoms with E-state index in [0.29, 0.717) is 0 Å². The largest absolute Gasteiger partial charge is 0.235 e. The van der Waals surface area contributed by atoms with Crippen molar-refractivity contribution in [2.45, 2.75) is 47.9 Å². The second-order valence-electron chi connectivity index (χ2n) is 4.96. The van der Waals surface area contributed by atoms with Crippen molar-refractivity contribution >= 4 is 29.6 Å². The number of isocyanates is 1. The average Bonchev–Trinajstić information content (AvgIpc) is 2.88. The number of nitrogens with zero attached hydrogens (tertiary/aromatic N) is 1. The van der Waals surface area contributed by atoms with E-state index in [9.17, 15) is 4.79 Å². The minimum atomic E-state index is -0.321. The molecule has 0 amide bonds. The van der Waals surface area contributed by atoms with Gasteiger partial charge >= 0.3 is 0 Å². The molecule has 0 bridgehead atoms. The minimum Gasteiger partial charge on any atom is -0.211 e. The summed E-state index contributed by atoms with van der Waals surface area (Å²) in [6.45, 7) is 2.14. The molecule has 0 aromatic heterocycles. The van der Waals surface area contributed by atoms with Gasteiger partial charge in [-0.2, -0.15) is 4.99 Å². The third-order valence-electron chi connectivity index (χ3n) is 3.91. The molecule has 4 heteroatoms. The highest BCUT2D eigenvalue weighted by atomic mass is 32.2. The summed E-state index contributed by atoms with van der Waals surface area (Å²) in [7, 11) is 0. The minimum absolute atomic E-state index is 0.321. The van der Waals surface area contributed by atoms with Gasteiger partial charge in [0.1, 0.15) is 0 Å². The van der Waals surface area contributed by atoms with Crippen molar-refractivity contribution in [2.24, 2.45) is 4.99 Å². The van der Waals surface area contributed by atoms with Crippen LogP contribution in [0.1, 0.15) is 36.8 Å². The van der Waals surface area contributed by atoms with Crippen molar-refractivity contribution in [3.8, 4) is 0 Å². The first-order valence-corrected chi connectivity index (χ1v) is 8.94. The van der Waals surface area contributed by atoms with Crippen molar-refractivity contribution < 1.29 is 4.79 Å². The normalized spacial score (nSPS) is 17.2. The van der Waals surface area contributed by atoms with Crippen LogP contribution in [-0.4, -0.2) is 18.6 Å². The van der Waals surface area contributed by atoms with Crippen LogP contribution in [0.4, 0.5) is 0 Å². The number of benzene rings is 1. The number of hydrogen-bond donors (Lipinski definition) is 0. The lowest BCUT2D eigenvalue weighted by atomic mass is 9.88. The van der Waals surface area contributed by atoms with E-state index in [1.54, 1.807) is 23.5 Å². The van der Waals surface area contributed by atoms with Crippen LogP contribution in [0.5, 0.6) is 0 Å². The Morgan fingerprint density at radius 1 is 1.16 bits per heavy atom. The molecule has 0 saturated heterocycles. The van der Waals surface area contributed by atoms with Crippen LogP contribution in [0.2, 0.25) is 0 Å². The molecule has 0 N–H and O–H groups in total. The summed E-state index contributed by atoms with van der Waals surface area (Å²) < 4.78 is 0. The summed E-state index contributed by atoms with van der Waals surface area (Å²) in [6, 6.07) is 4.46. The molecule has 0 heterocycles. The lowest BCUT2D eigenvalue weighted by Crippen LogP contribution is -2.20. The fraction of sp³-hybridized carbons (Fsp3) is 0.533. The standard InChI is InChI=1S/C15H19NOS2/c1-11-8-14(19-3)12(9-13(11)18-2)15(16-10-17)6-4-5-7-15/h8-9H,4-7H2,1-3H3. The molecule has 0 unspecified atom stereocenters. The number of hydrogen-bond acceptors (Lipinski definition) is 4. The maximum absolute atomic E-state index is 10.9. The van der Waals surface area contributed by atoms with Crippen LogP contribution in [0, 0.1) is 6.92 Å². The number of aryl methyl sites for hydroxylation is 1. The van der Waals surface area contributed by atoms with Gasteiger partial charge in [-0.05, 0) is 55.5 Å². The highest BCUT2D eigenvalue weighted by Crippen LogP contribution is 2.46. The summed E-state index contributed by atoms with van der Waals surface area (Å²) >= 11 is 3.50. The molecule has 1 aliphatic carbocycles. The SMILES string of the molecule is CSc1cc(C2(N=C=O)CCCC2)c(SC)cc1C. The van der Waals surface area contributed by atoms with E-state index in [-0.39, 0.29) is 5.54 Å². The summed E-state index contributed by atoms with van der Waals surface area (Å²) in [4.78, 5) is 17.6. The number of rotatable bonds is 4. The maximum atomic E-state index is 10.9. The van der Waals surface area contributed by atoms with Gasteiger partial charge in [0.2, 0.25) is 6.08 Å². The Morgan fingerprint density at radius 3 is 2.32 bits per heavy atom. The lowest BCUT2D eigenvalue weighted by Gasteiger charge is -2.26. The van der Waals surface area contributed by atoms with Crippen LogP contribution in [0.3, 0.4) is 0 Å². The van der Waals surface area contributed by atoms with Crippen molar-refractivity contribution in [3.05, 3.63) is 23.3 Å². The van der Waals surface area contributed by atoms with Crippen molar-refractivity contribution in [1.82, 2.24) is 0 Å². The molecule has 0 spiro atoms. The van der Waals surface area contributed by atoms with Crippen LogP contribution < -0.4 is 0 Å². The molecule has 1 fully saturated rings. The highest BCUT2D eigenvalue weighted by Gasteiger charge is 2.37. The Labute approximate surface area is 123 Å². The topological polar surface area (TPSA) is 29.4 Å². The third-order valence-corrected chi connectivity index (χ3v) is 5.57. The molecule has 0 radical (unpaired) electrons. The van der Waals surface area contributed by atoms with Crippen molar-refractivity contribution in [2.75, 3.05) is 12.5 Å². The molecule has 2 nitrogen and oxygen atoms in total. The molecule has 1 aromatic rings. The Bertz CT molecular complexity index is 515. The smallest absolute Gasteiger partial charge is 0.211 e. The van der Waals surface area contributed by atoms with Gasteiger partial charge in [-0.25, -0.2) is 4.79 Å². The van der Waals surface area contributed by atoms with E-state index in [1.807, 2.05) is 6.08 Å². The van der Waals surface area contributed by atoms with Crippen molar-refractivity contribution in [3.63, 3.8) is 0 Å². The lowest BCUT2D eigenvalue weighted by molar-refractivity contribution is 0.447. The molecule has 1 aromatic carbocycles.